The van der Waals surface area contributed by atoms with Gasteiger partial charge >= 0.3 is 0 Å². The smallest absolute Gasteiger partial charge is 0.226 e. The molecular weight excluding hydrogens is 216 g/mol. The van der Waals surface area contributed by atoms with Crippen LogP contribution in [-0.4, -0.2) is 25.6 Å². The van der Waals surface area contributed by atoms with Crippen molar-refractivity contribution < 1.29 is 9.53 Å². The lowest BCUT2D eigenvalue weighted by Crippen LogP contribution is -2.27. The average Bonchev–Trinajstić information content (AvgIpc) is 2.82. The largest absolute Gasteiger partial charge is 0.461 e. The van der Waals surface area contributed by atoms with E-state index >= 15 is 0 Å². The Labute approximate surface area is 100 Å². The first-order valence-electron chi connectivity index (χ1n) is 6.10. The van der Waals surface area contributed by atoms with Crippen LogP contribution in [0, 0.1) is 0 Å². The van der Waals surface area contributed by atoms with E-state index in [1.807, 2.05) is 12.1 Å². The summed E-state index contributed by atoms with van der Waals surface area (Å²) in [6.45, 7) is 2.11. The Morgan fingerprint density at radius 3 is 2.88 bits per heavy atom. The third-order valence-electron chi connectivity index (χ3n) is 3.49. The minimum absolute atomic E-state index is 0.520. The van der Waals surface area contributed by atoms with Crippen molar-refractivity contribution in [3.63, 3.8) is 0 Å². The maximum absolute atomic E-state index is 10.8. The third-order valence-corrected chi connectivity index (χ3v) is 3.49. The van der Waals surface area contributed by atoms with Crippen LogP contribution in [0.4, 0.5) is 5.69 Å². The molecular formula is C13H16N2O2. The molecule has 2 aliphatic heterocycles. The van der Waals surface area contributed by atoms with Crippen molar-refractivity contribution in [3.8, 4) is 5.75 Å². The lowest BCUT2D eigenvalue weighted by molar-refractivity contribution is -0.112. The highest BCUT2D eigenvalue weighted by Crippen LogP contribution is 2.41. The van der Waals surface area contributed by atoms with Crippen molar-refractivity contribution in [1.82, 2.24) is 5.32 Å². The maximum atomic E-state index is 10.8. The highest BCUT2D eigenvalue weighted by molar-refractivity contribution is 5.72. The molecule has 0 saturated carbocycles. The quantitative estimate of drug-likeness (QED) is 0.758. The van der Waals surface area contributed by atoms with E-state index < -0.39 is 6.23 Å². The fourth-order valence-corrected chi connectivity index (χ4v) is 2.63. The molecule has 1 aromatic rings. The molecule has 0 spiro atoms. The van der Waals surface area contributed by atoms with Crippen LogP contribution in [0.5, 0.6) is 5.75 Å². The van der Waals surface area contributed by atoms with E-state index in [2.05, 4.69) is 16.7 Å². The van der Waals surface area contributed by atoms with Gasteiger partial charge in [0, 0.05) is 0 Å². The molecule has 0 radical (unpaired) electrons. The van der Waals surface area contributed by atoms with E-state index in [4.69, 9.17) is 4.74 Å². The minimum Gasteiger partial charge on any atom is -0.461 e. The predicted octanol–water partition coefficient (Wildman–Crippen LogP) is 1.48. The van der Waals surface area contributed by atoms with Crippen LogP contribution in [0.25, 0.3) is 0 Å². The van der Waals surface area contributed by atoms with Crippen LogP contribution in [0.15, 0.2) is 18.2 Å². The molecule has 17 heavy (non-hydrogen) atoms. The van der Waals surface area contributed by atoms with Gasteiger partial charge in [-0.25, -0.2) is 0 Å². The van der Waals surface area contributed by atoms with E-state index in [1.54, 1.807) is 0 Å². The second-order valence-electron chi connectivity index (χ2n) is 4.57. The van der Waals surface area contributed by atoms with Gasteiger partial charge in [0.1, 0.15) is 5.75 Å². The number of rotatable bonds is 2. The monoisotopic (exact) mass is 232 g/mol. The second kappa shape index (κ2) is 4.37. The zero-order valence-electron chi connectivity index (χ0n) is 9.61. The highest BCUT2D eigenvalue weighted by Gasteiger charge is 2.27. The van der Waals surface area contributed by atoms with Crippen LogP contribution < -0.4 is 15.4 Å². The number of benzene rings is 1. The van der Waals surface area contributed by atoms with E-state index in [1.165, 1.54) is 5.56 Å². The summed E-state index contributed by atoms with van der Waals surface area (Å²) >= 11 is 0. The van der Waals surface area contributed by atoms with E-state index in [9.17, 15) is 4.79 Å². The highest BCUT2D eigenvalue weighted by atomic mass is 16.5. The molecule has 3 rings (SSSR count). The Morgan fingerprint density at radius 2 is 2.12 bits per heavy atom. The summed E-state index contributed by atoms with van der Waals surface area (Å²) in [5.74, 6) is 1.41. The molecule has 90 valence electrons. The van der Waals surface area contributed by atoms with Crippen LogP contribution in [0.2, 0.25) is 0 Å². The SMILES string of the molecule is O=CC1Nc2cccc(C3CCNCC3)c2O1. The zero-order valence-corrected chi connectivity index (χ0v) is 9.61. The minimum atomic E-state index is -0.520. The van der Waals surface area contributed by atoms with Gasteiger partial charge in [-0.3, -0.25) is 4.79 Å². The van der Waals surface area contributed by atoms with Crippen LogP contribution in [0.1, 0.15) is 24.3 Å². The number of fused-ring (bicyclic) bond motifs is 1. The molecule has 4 nitrogen and oxygen atoms in total. The van der Waals surface area contributed by atoms with Gasteiger partial charge < -0.3 is 15.4 Å². The van der Waals surface area contributed by atoms with Gasteiger partial charge in [0.25, 0.3) is 0 Å². The fraction of sp³-hybridized carbons (Fsp3) is 0.462. The molecule has 1 aromatic carbocycles. The van der Waals surface area contributed by atoms with Crippen molar-refractivity contribution in [2.75, 3.05) is 18.4 Å². The Kier molecular flexibility index (Phi) is 2.73. The number of carbonyl (C=O) groups is 1. The number of ether oxygens (including phenoxy) is 1. The maximum Gasteiger partial charge on any atom is 0.226 e. The summed E-state index contributed by atoms with van der Waals surface area (Å²) in [7, 11) is 0. The average molecular weight is 232 g/mol. The number of hydrogen-bond donors (Lipinski definition) is 2. The normalized spacial score (nSPS) is 23.6. The van der Waals surface area contributed by atoms with Crippen molar-refractivity contribution in [1.29, 1.82) is 0 Å². The molecule has 1 saturated heterocycles. The first-order valence-corrected chi connectivity index (χ1v) is 6.10. The topological polar surface area (TPSA) is 50.4 Å². The number of anilines is 1. The molecule has 2 heterocycles. The van der Waals surface area contributed by atoms with Crippen LogP contribution in [0.3, 0.4) is 0 Å². The first kappa shape index (κ1) is 10.6. The summed E-state index contributed by atoms with van der Waals surface area (Å²) in [5, 5.41) is 6.42. The Bertz CT molecular complexity index is 427. The lowest BCUT2D eigenvalue weighted by atomic mass is 9.89. The van der Waals surface area contributed by atoms with Crippen molar-refractivity contribution in [3.05, 3.63) is 23.8 Å². The van der Waals surface area contributed by atoms with E-state index in [0.29, 0.717) is 5.92 Å². The molecule has 1 atom stereocenters. The lowest BCUT2D eigenvalue weighted by Gasteiger charge is -2.24. The van der Waals surface area contributed by atoms with Gasteiger partial charge in [-0.2, -0.15) is 0 Å². The Balaban J connectivity index is 1.91. The van der Waals surface area contributed by atoms with Crippen molar-refractivity contribution in [2.24, 2.45) is 0 Å². The molecule has 0 aromatic heterocycles. The predicted molar refractivity (Wildman–Crippen MR) is 65.4 cm³/mol. The summed E-state index contributed by atoms with van der Waals surface area (Å²) < 4.78 is 5.64. The number of hydrogen-bond acceptors (Lipinski definition) is 4. The number of nitrogens with one attached hydrogen (secondary N) is 2. The molecule has 4 heteroatoms. The van der Waals surface area contributed by atoms with E-state index in [0.717, 1.165) is 43.7 Å². The van der Waals surface area contributed by atoms with Gasteiger partial charge in [0.05, 0.1) is 5.69 Å². The van der Waals surface area contributed by atoms with Crippen molar-refractivity contribution in [2.45, 2.75) is 25.0 Å². The Hall–Kier alpha value is -1.55. The summed E-state index contributed by atoms with van der Waals surface area (Å²) in [5.41, 5.74) is 2.18. The van der Waals surface area contributed by atoms with Gasteiger partial charge in [-0.05, 0) is 43.5 Å². The molecule has 0 amide bonds. The third kappa shape index (κ3) is 1.89. The standard InChI is InChI=1S/C13H16N2O2/c16-8-12-15-11-3-1-2-10(13(11)17-12)9-4-6-14-7-5-9/h1-3,8-9,12,14-15H,4-7H2. The molecule has 0 bridgehead atoms. The Morgan fingerprint density at radius 1 is 1.29 bits per heavy atom. The van der Waals surface area contributed by atoms with E-state index in [-0.39, 0.29) is 0 Å². The second-order valence-corrected chi connectivity index (χ2v) is 4.57. The molecule has 1 fully saturated rings. The number of piperidine rings is 1. The number of carbonyl (C=O) groups excluding carboxylic acids is 1. The molecule has 2 aliphatic rings. The van der Waals surface area contributed by atoms with Gasteiger partial charge in [0.15, 0.2) is 6.29 Å². The van der Waals surface area contributed by atoms with Gasteiger partial charge in [-0.1, -0.05) is 12.1 Å². The first-order chi connectivity index (χ1) is 8.38. The molecule has 2 N–H and O–H groups in total. The fourth-order valence-electron chi connectivity index (χ4n) is 2.63. The van der Waals surface area contributed by atoms with Gasteiger partial charge in [-0.15, -0.1) is 0 Å². The zero-order chi connectivity index (χ0) is 11.7. The van der Waals surface area contributed by atoms with Crippen molar-refractivity contribution >= 4 is 12.0 Å². The van der Waals surface area contributed by atoms with Gasteiger partial charge in [0.2, 0.25) is 6.23 Å². The summed E-state index contributed by atoms with van der Waals surface area (Å²) in [6.07, 6.45) is 2.54. The summed E-state index contributed by atoms with van der Waals surface area (Å²) in [6, 6.07) is 6.10. The molecule has 0 aliphatic carbocycles. The number of aldehydes is 1. The number of para-hydroxylation sites is 1. The summed E-state index contributed by atoms with van der Waals surface area (Å²) in [4.78, 5) is 10.8. The molecule has 1 unspecified atom stereocenters. The van der Waals surface area contributed by atoms with Crippen LogP contribution in [-0.2, 0) is 4.79 Å². The van der Waals surface area contributed by atoms with Crippen LogP contribution >= 0.6 is 0 Å².